The third-order valence-electron chi connectivity index (χ3n) is 2.12. The number of alkyl halides is 3. The van der Waals surface area contributed by atoms with Crippen molar-refractivity contribution in [1.82, 2.24) is 4.90 Å². The maximum Gasteiger partial charge on any atom is 0.573 e. The van der Waals surface area contributed by atoms with Gasteiger partial charge in [0, 0.05) is 19.6 Å². The normalized spacial score (nSPS) is 10.0. The predicted molar refractivity (Wildman–Crippen MR) is 81.6 cm³/mol. The summed E-state index contributed by atoms with van der Waals surface area (Å²) in [5.74, 6) is -0.206. The molecule has 0 bridgehead atoms. The Balaban J connectivity index is 0. The van der Waals surface area contributed by atoms with Crippen molar-refractivity contribution in [2.45, 2.75) is 33.7 Å². The van der Waals surface area contributed by atoms with E-state index in [0.29, 0.717) is 13.1 Å². The second-order valence-electron chi connectivity index (χ2n) is 3.95. The highest BCUT2D eigenvalue weighted by atomic mass is 19.4. The smallest absolute Gasteiger partial charge is 0.406 e. The van der Waals surface area contributed by atoms with Crippen LogP contribution in [0.2, 0.25) is 0 Å². The van der Waals surface area contributed by atoms with Crippen LogP contribution in [0.3, 0.4) is 0 Å². The molecule has 1 aromatic rings. The molecule has 0 unspecified atom stereocenters. The number of halogens is 3. The van der Waals surface area contributed by atoms with Crippen LogP contribution in [0.25, 0.3) is 0 Å². The summed E-state index contributed by atoms with van der Waals surface area (Å²) in [7, 11) is 1.90. The first-order chi connectivity index (χ1) is 10.3. The lowest BCUT2D eigenvalue weighted by Gasteiger charge is -2.15. The quantitative estimate of drug-likeness (QED) is 0.846. The monoisotopic (exact) mass is 322 g/mol. The summed E-state index contributed by atoms with van der Waals surface area (Å²) in [4.78, 5) is 10.8. The Hall–Kier alpha value is -1.60. The highest BCUT2D eigenvalue weighted by molar-refractivity contribution is 5.44. The minimum absolute atomic E-state index is 0.206. The van der Waals surface area contributed by atoms with Gasteiger partial charge in [-0.15, -0.1) is 13.2 Å². The fraction of sp³-hybridized carbons (Fsp3) is 0.533. The van der Waals surface area contributed by atoms with Crippen molar-refractivity contribution in [3.63, 3.8) is 0 Å². The number of carbonyl (C=O) groups is 1. The molecule has 0 radical (unpaired) electrons. The van der Waals surface area contributed by atoms with Crippen LogP contribution < -0.4 is 10.5 Å². The van der Waals surface area contributed by atoms with Crippen molar-refractivity contribution in [2.24, 2.45) is 5.73 Å². The number of aldehydes is 1. The van der Waals surface area contributed by atoms with Crippen molar-refractivity contribution in [2.75, 3.05) is 20.1 Å². The van der Waals surface area contributed by atoms with Crippen molar-refractivity contribution >= 4 is 6.29 Å². The number of rotatable bonds is 5. The summed E-state index contributed by atoms with van der Waals surface area (Å²) < 4.78 is 39.5. The number of ether oxygens (including phenoxy) is 1. The molecule has 0 fully saturated rings. The SMILES string of the molecule is CC.CC=O.CN(CCN)Cc1ccc(OC(F)(F)F)cc1. The summed E-state index contributed by atoms with van der Waals surface area (Å²) in [5, 5.41) is 0. The summed E-state index contributed by atoms with van der Waals surface area (Å²) in [6.07, 6.45) is -3.89. The van der Waals surface area contributed by atoms with E-state index in [4.69, 9.17) is 10.5 Å². The molecule has 0 saturated heterocycles. The van der Waals surface area contributed by atoms with Crippen LogP contribution in [0.4, 0.5) is 13.2 Å². The molecular weight excluding hydrogens is 297 g/mol. The molecule has 0 amide bonds. The number of nitrogens with zero attached hydrogens (tertiary/aromatic N) is 1. The van der Waals surface area contributed by atoms with Crippen LogP contribution in [-0.2, 0) is 11.3 Å². The molecule has 0 aliphatic heterocycles. The van der Waals surface area contributed by atoms with Crippen LogP contribution in [0.5, 0.6) is 5.75 Å². The van der Waals surface area contributed by atoms with Gasteiger partial charge < -0.3 is 20.2 Å². The van der Waals surface area contributed by atoms with Crippen LogP contribution in [0.15, 0.2) is 24.3 Å². The average Bonchev–Trinajstić information content (AvgIpc) is 2.43. The number of carbonyl (C=O) groups excluding carboxylic acids is 1. The highest BCUT2D eigenvalue weighted by Crippen LogP contribution is 2.22. The molecule has 0 aliphatic rings. The maximum absolute atomic E-state index is 11.9. The molecule has 0 saturated carbocycles. The summed E-state index contributed by atoms with van der Waals surface area (Å²) in [6.45, 7) is 7.37. The molecule has 0 atom stereocenters. The molecule has 128 valence electrons. The van der Waals surface area contributed by atoms with Gasteiger partial charge in [0.2, 0.25) is 0 Å². The van der Waals surface area contributed by atoms with E-state index in [-0.39, 0.29) is 5.75 Å². The highest BCUT2D eigenvalue weighted by Gasteiger charge is 2.30. The Labute approximate surface area is 130 Å². The average molecular weight is 322 g/mol. The summed E-state index contributed by atoms with van der Waals surface area (Å²) in [6, 6.07) is 5.82. The van der Waals surface area contributed by atoms with Gasteiger partial charge in [0.05, 0.1) is 0 Å². The molecule has 0 heterocycles. The molecule has 22 heavy (non-hydrogen) atoms. The van der Waals surface area contributed by atoms with Crippen molar-refractivity contribution in [3.8, 4) is 5.75 Å². The van der Waals surface area contributed by atoms with E-state index in [0.717, 1.165) is 18.4 Å². The maximum atomic E-state index is 11.9. The van der Waals surface area contributed by atoms with Crippen molar-refractivity contribution in [1.29, 1.82) is 0 Å². The van der Waals surface area contributed by atoms with Crippen LogP contribution in [-0.4, -0.2) is 37.7 Å². The number of hydrogen-bond donors (Lipinski definition) is 1. The minimum atomic E-state index is -4.64. The van der Waals surface area contributed by atoms with Crippen LogP contribution >= 0.6 is 0 Å². The predicted octanol–water partition coefficient (Wildman–Crippen LogP) is 3.21. The van der Waals surface area contributed by atoms with E-state index < -0.39 is 6.36 Å². The second kappa shape index (κ2) is 13.1. The number of nitrogens with two attached hydrogens (primary N) is 1. The van der Waals surface area contributed by atoms with Gasteiger partial charge in [0.25, 0.3) is 0 Å². The Morgan fingerprint density at radius 1 is 1.23 bits per heavy atom. The molecule has 4 nitrogen and oxygen atoms in total. The van der Waals surface area contributed by atoms with Gasteiger partial charge in [-0.2, -0.15) is 0 Å². The van der Waals surface area contributed by atoms with Gasteiger partial charge in [-0.3, -0.25) is 0 Å². The molecule has 0 aliphatic carbocycles. The topological polar surface area (TPSA) is 55.6 Å². The fourth-order valence-electron chi connectivity index (χ4n) is 1.41. The zero-order valence-electron chi connectivity index (χ0n) is 13.5. The van der Waals surface area contributed by atoms with E-state index in [1.165, 1.54) is 19.1 Å². The first-order valence-corrected chi connectivity index (χ1v) is 6.95. The van der Waals surface area contributed by atoms with E-state index in [1.807, 2.05) is 25.8 Å². The Morgan fingerprint density at radius 3 is 2.05 bits per heavy atom. The molecule has 1 aromatic carbocycles. The molecule has 0 aromatic heterocycles. The van der Waals surface area contributed by atoms with E-state index in [2.05, 4.69) is 4.74 Å². The third-order valence-corrected chi connectivity index (χ3v) is 2.12. The van der Waals surface area contributed by atoms with Gasteiger partial charge in [0.15, 0.2) is 0 Å². The second-order valence-corrected chi connectivity index (χ2v) is 3.95. The number of hydrogen-bond acceptors (Lipinski definition) is 4. The van der Waals surface area contributed by atoms with Crippen molar-refractivity contribution in [3.05, 3.63) is 29.8 Å². The first kappa shape index (κ1) is 22.7. The lowest BCUT2D eigenvalue weighted by Crippen LogP contribution is -2.24. The Morgan fingerprint density at radius 2 is 1.68 bits per heavy atom. The largest absolute Gasteiger partial charge is 0.573 e. The van der Waals surface area contributed by atoms with Crippen molar-refractivity contribution < 1.29 is 22.7 Å². The molecule has 1 rings (SSSR count). The molecule has 7 heteroatoms. The number of likely N-dealkylation sites (N-methyl/N-ethyl adjacent to an activating group) is 1. The van der Waals surface area contributed by atoms with Gasteiger partial charge in [-0.05, 0) is 31.7 Å². The van der Waals surface area contributed by atoms with Gasteiger partial charge in [-0.1, -0.05) is 26.0 Å². The van der Waals surface area contributed by atoms with Gasteiger partial charge >= 0.3 is 6.36 Å². The van der Waals surface area contributed by atoms with Crippen LogP contribution in [0, 0.1) is 0 Å². The van der Waals surface area contributed by atoms with E-state index in [1.54, 1.807) is 12.1 Å². The number of benzene rings is 1. The molecule has 0 spiro atoms. The minimum Gasteiger partial charge on any atom is -0.406 e. The fourth-order valence-corrected chi connectivity index (χ4v) is 1.41. The first-order valence-electron chi connectivity index (χ1n) is 6.95. The van der Waals surface area contributed by atoms with Gasteiger partial charge in [-0.25, -0.2) is 0 Å². The summed E-state index contributed by atoms with van der Waals surface area (Å²) >= 11 is 0. The third kappa shape index (κ3) is 13.4. The molecular formula is C15H25F3N2O2. The lowest BCUT2D eigenvalue weighted by molar-refractivity contribution is -0.274. The zero-order chi connectivity index (χ0) is 17.6. The van der Waals surface area contributed by atoms with Gasteiger partial charge in [0.1, 0.15) is 12.0 Å². The van der Waals surface area contributed by atoms with E-state index >= 15 is 0 Å². The Kier molecular flexibility index (Phi) is 13.5. The van der Waals surface area contributed by atoms with E-state index in [9.17, 15) is 13.2 Å². The summed E-state index contributed by atoms with van der Waals surface area (Å²) in [5.41, 5.74) is 6.30. The van der Waals surface area contributed by atoms with Crippen LogP contribution in [0.1, 0.15) is 26.3 Å². The standard InChI is InChI=1S/C11H15F3N2O.C2H4O.C2H6/c1-16(7-6-15)8-9-2-4-10(5-3-9)17-11(12,13)14;1-2-3;1-2/h2-5H,6-8,15H2,1H3;2H,1H3;1-2H3. The molecule has 2 N–H and O–H groups in total. The lowest BCUT2D eigenvalue weighted by atomic mass is 10.2. The zero-order valence-corrected chi connectivity index (χ0v) is 13.5. The Bertz CT molecular complexity index is 381.